The van der Waals surface area contributed by atoms with Gasteiger partial charge in [-0.05, 0) is 56.4 Å². The van der Waals surface area contributed by atoms with Gasteiger partial charge in [0.1, 0.15) is 0 Å². The van der Waals surface area contributed by atoms with Gasteiger partial charge in [-0.15, -0.1) is 0 Å². The van der Waals surface area contributed by atoms with E-state index >= 15 is 0 Å². The number of esters is 1. The van der Waals surface area contributed by atoms with E-state index in [1.807, 2.05) is 37.3 Å². The van der Waals surface area contributed by atoms with Gasteiger partial charge in [0.25, 0.3) is 0 Å². The summed E-state index contributed by atoms with van der Waals surface area (Å²) >= 11 is 12.7. The van der Waals surface area contributed by atoms with Crippen molar-refractivity contribution in [2.24, 2.45) is 0 Å². The van der Waals surface area contributed by atoms with Gasteiger partial charge < -0.3 is 10.1 Å². The number of carbonyl (C=O) groups excluding carboxylic acids is 2. The molecule has 2 unspecified atom stereocenters. The van der Waals surface area contributed by atoms with Crippen molar-refractivity contribution in [1.82, 2.24) is 5.32 Å². The molecule has 2 aliphatic rings. The van der Waals surface area contributed by atoms with E-state index in [4.69, 9.17) is 27.9 Å². The number of carbonyl (C=O) groups is 2. The van der Waals surface area contributed by atoms with Crippen LogP contribution >= 0.6 is 23.2 Å². The molecule has 166 valence electrons. The summed E-state index contributed by atoms with van der Waals surface area (Å²) < 4.78 is 5.54. The number of nitrogens with one attached hydrogen (secondary N) is 1. The minimum Gasteiger partial charge on any atom is -0.460 e. The van der Waals surface area contributed by atoms with E-state index in [1.54, 1.807) is 32.0 Å². The third kappa shape index (κ3) is 4.35. The number of rotatable bonds is 4. The Labute approximate surface area is 198 Å². The molecule has 1 heterocycles. The number of dihydropyridines is 1. The van der Waals surface area contributed by atoms with Crippen molar-refractivity contribution in [1.29, 1.82) is 0 Å². The van der Waals surface area contributed by atoms with Gasteiger partial charge >= 0.3 is 5.97 Å². The number of benzene rings is 2. The minimum absolute atomic E-state index is 0.00552. The Balaban J connectivity index is 1.83. The molecule has 32 heavy (non-hydrogen) atoms. The Kier molecular flexibility index (Phi) is 6.45. The molecule has 1 aliphatic heterocycles. The highest BCUT2D eigenvalue weighted by Crippen LogP contribution is 2.47. The topological polar surface area (TPSA) is 55.4 Å². The maximum atomic E-state index is 13.5. The average molecular weight is 470 g/mol. The zero-order chi connectivity index (χ0) is 23.0. The molecule has 4 nitrogen and oxygen atoms in total. The third-order valence-electron chi connectivity index (χ3n) is 5.93. The van der Waals surface area contributed by atoms with E-state index in [0.29, 0.717) is 45.3 Å². The summed E-state index contributed by atoms with van der Waals surface area (Å²) in [4.78, 5) is 26.7. The van der Waals surface area contributed by atoms with Crippen LogP contribution in [0.4, 0.5) is 0 Å². The molecule has 0 aromatic heterocycles. The Morgan fingerprint density at radius 1 is 1.09 bits per heavy atom. The summed E-state index contributed by atoms with van der Waals surface area (Å²) in [5, 5.41) is 4.26. The van der Waals surface area contributed by atoms with Gasteiger partial charge in [0.15, 0.2) is 5.78 Å². The number of hydrogen-bond donors (Lipinski definition) is 1. The molecule has 2 atom stereocenters. The largest absolute Gasteiger partial charge is 0.460 e. The highest BCUT2D eigenvalue weighted by molar-refractivity contribution is 6.35. The van der Waals surface area contributed by atoms with E-state index < -0.39 is 11.9 Å². The van der Waals surface area contributed by atoms with Crippen LogP contribution in [0.25, 0.3) is 0 Å². The molecular weight excluding hydrogens is 445 g/mol. The highest BCUT2D eigenvalue weighted by Gasteiger charge is 2.42. The first-order valence-corrected chi connectivity index (χ1v) is 11.5. The number of hydrogen-bond acceptors (Lipinski definition) is 4. The normalized spacial score (nSPS) is 20.9. The second-order valence-corrected chi connectivity index (χ2v) is 9.39. The first-order chi connectivity index (χ1) is 15.3. The van der Waals surface area contributed by atoms with Crippen LogP contribution in [0.5, 0.6) is 0 Å². The average Bonchev–Trinajstić information content (AvgIpc) is 2.72. The van der Waals surface area contributed by atoms with E-state index in [1.165, 1.54) is 0 Å². The zero-order valence-electron chi connectivity index (χ0n) is 18.2. The van der Waals surface area contributed by atoms with Crippen molar-refractivity contribution < 1.29 is 14.3 Å². The summed E-state index contributed by atoms with van der Waals surface area (Å²) in [5.74, 6) is -0.976. The lowest BCUT2D eigenvalue weighted by molar-refractivity contribution is -0.143. The van der Waals surface area contributed by atoms with Crippen molar-refractivity contribution in [3.63, 3.8) is 0 Å². The van der Waals surface area contributed by atoms with Crippen LogP contribution in [0.3, 0.4) is 0 Å². The molecule has 0 radical (unpaired) electrons. The van der Waals surface area contributed by atoms with Crippen molar-refractivity contribution in [2.45, 2.75) is 51.6 Å². The molecule has 4 rings (SSSR count). The van der Waals surface area contributed by atoms with E-state index in [9.17, 15) is 9.59 Å². The number of Topliss-reactive ketones (excluding diaryl/α,β-unsaturated/α-hetero) is 1. The van der Waals surface area contributed by atoms with Crippen LogP contribution in [0, 0.1) is 0 Å². The highest BCUT2D eigenvalue weighted by atomic mass is 35.5. The van der Waals surface area contributed by atoms with Crippen molar-refractivity contribution in [3.8, 4) is 0 Å². The van der Waals surface area contributed by atoms with Crippen molar-refractivity contribution >= 4 is 35.0 Å². The van der Waals surface area contributed by atoms with Crippen molar-refractivity contribution in [3.05, 3.63) is 92.2 Å². The first-order valence-electron chi connectivity index (χ1n) is 10.7. The lowest BCUT2D eigenvalue weighted by atomic mass is 9.71. The molecule has 2 aromatic carbocycles. The maximum absolute atomic E-state index is 13.5. The van der Waals surface area contributed by atoms with Gasteiger partial charge in [0, 0.05) is 39.4 Å². The fourth-order valence-corrected chi connectivity index (χ4v) is 5.11. The molecule has 0 amide bonds. The lowest BCUT2D eigenvalue weighted by Crippen LogP contribution is -2.36. The smallest absolute Gasteiger partial charge is 0.337 e. The molecule has 6 heteroatoms. The summed E-state index contributed by atoms with van der Waals surface area (Å²) in [6, 6.07) is 15.2. The van der Waals surface area contributed by atoms with Gasteiger partial charge in [-0.1, -0.05) is 59.6 Å². The van der Waals surface area contributed by atoms with Gasteiger partial charge in [0.2, 0.25) is 0 Å². The Hall–Kier alpha value is -2.56. The fourth-order valence-electron chi connectivity index (χ4n) is 4.59. The SMILES string of the molecule is CC1=C(C(=O)OC(C)C)C(c2ccc(Cl)cc2Cl)C2=C(CC(c3ccccc3)CC2=O)N1. The van der Waals surface area contributed by atoms with E-state index in [-0.39, 0.29) is 17.8 Å². The number of halogens is 2. The molecule has 0 spiro atoms. The van der Waals surface area contributed by atoms with Crippen LogP contribution < -0.4 is 5.32 Å². The van der Waals surface area contributed by atoms with Crippen LogP contribution in [-0.2, 0) is 14.3 Å². The summed E-state index contributed by atoms with van der Waals surface area (Å²) in [5.41, 5.74) is 4.31. The second-order valence-electron chi connectivity index (χ2n) is 8.55. The van der Waals surface area contributed by atoms with Crippen LogP contribution in [0.1, 0.15) is 56.6 Å². The van der Waals surface area contributed by atoms with Gasteiger partial charge in [-0.2, -0.15) is 0 Å². The molecule has 1 aliphatic carbocycles. The van der Waals surface area contributed by atoms with Crippen LogP contribution in [0.15, 0.2) is 71.1 Å². The molecule has 0 saturated heterocycles. The second kappa shape index (κ2) is 9.13. The minimum atomic E-state index is -0.605. The fraction of sp³-hybridized carbons (Fsp3) is 0.308. The maximum Gasteiger partial charge on any atom is 0.337 e. The summed E-state index contributed by atoms with van der Waals surface area (Å²) in [6.45, 7) is 5.44. The monoisotopic (exact) mass is 469 g/mol. The predicted octanol–water partition coefficient (Wildman–Crippen LogP) is 6.31. The molecule has 0 bridgehead atoms. The van der Waals surface area contributed by atoms with Gasteiger partial charge in [0.05, 0.1) is 11.7 Å². The predicted molar refractivity (Wildman–Crippen MR) is 127 cm³/mol. The van der Waals surface area contributed by atoms with Crippen LogP contribution in [0.2, 0.25) is 10.0 Å². The Morgan fingerprint density at radius 2 is 1.81 bits per heavy atom. The van der Waals surface area contributed by atoms with Crippen LogP contribution in [-0.4, -0.2) is 17.9 Å². The van der Waals surface area contributed by atoms with Gasteiger partial charge in [-0.3, -0.25) is 4.79 Å². The molecule has 1 N–H and O–H groups in total. The molecular formula is C26H25Cl2NO3. The lowest BCUT2D eigenvalue weighted by Gasteiger charge is -2.37. The van der Waals surface area contributed by atoms with E-state index in [2.05, 4.69) is 5.32 Å². The third-order valence-corrected chi connectivity index (χ3v) is 6.50. The Bertz CT molecular complexity index is 1140. The molecule has 2 aromatic rings. The number of allylic oxidation sites excluding steroid dienone is 3. The van der Waals surface area contributed by atoms with Gasteiger partial charge in [-0.25, -0.2) is 4.79 Å². The Morgan fingerprint density at radius 3 is 2.47 bits per heavy atom. The van der Waals surface area contributed by atoms with Crippen molar-refractivity contribution in [2.75, 3.05) is 0 Å². The molecule has 0 fully saturated rings. The standard InChI is InChI=1S/C26H25Cl2NO3/c1-14(2)32-26(31)23-15(3)29-21-11-17(16-7-5-4-6-8-16)12-22(30)25(21)24(23)19-10-9-18(27)13-20(19)28/h4-10,13-14,17,24,29H,11-12H2,1-3H3. The quantitative estimate of drug-likeness (QED) is 0.533. The first kappa shape index (κ1) is 22.6. The summed E-state index contributed by atoms with van der Waals surface area (Å²) in [6.07, 6.45) is 0.762. The van der Waals surface area contributed by atoms with E-state index in [0.717, 1.165) is 11.3 Å². The summed E-state index contributed by atoms with van der Waals surface area (Å²) in [7, 11) is 0. The number of ketones is 1. The molecule has 0 saturated carbocycles. The zero-order valence-corrected chi connectivity index (χ0v) is 19.8. The number of ether oxygens (including phenoxy) is 1.